The van der Waals surface area contributed by atoms with Gasteiger partial charge >= 0.3 is 0 Å². The Morgan fingerprint density at radius 2 is 2.00 bits per heavy atom. The van der Waals surface area contributed by atoms with Crippen LogP contribution in [0.4, 0.5) is 0 Å². The number of sulfonamides is 1. The molecule has 1 fully saturated rings. The highest BCUT2D eigenvalue weighted by atomic mass is 32.2. The molecule has 0 amide bonds. The minimum absolute atomic E-state index is 0.0465. The van der Waals surface area contributed by atoms with Gasteiger partial charge in [-0.25, -0.2) is 13.4 Å². The summed E-state index contributed by atoms with van der Waals surface area (Å²) in [5.41, 5.74) is 1.65. The number of hydrogen-bond acceptors (Lipinski definition) is 5. The van der Waals surface area contributed by atoms with E-state index in [1.165, 1.54) is 11.3 Å². The van der Waals surface area contributed by atoms with Gasteiger partial charge in [-0.3, -0.25) is 4.79 Å². The van der Waals surface area contributed by atoms with E-state index in [1.807, 2.05) is 19.2 Å². The Hall–Kier alpha value is -1.57. The van der Waals surface area contributed by atoms with Gasteiger partial charge in [0.1, 0.15) is 10.8 Å². The van der Waals surface area contributed by atoms with Crippen molar-refractivity contribution in [3.05, 3.63) is 34.7 Å². The summed E-state index contributed by atoms with van der Waals surface area (Å²) in [5.74, 6) is 0.204. The van der Waals surface area contributed by atoms with Gasteiger partial charge in [0, 0.05) is 30.0 Å². The third-order valence-electron chi connectivity index (χ3n) is 4.93. The minimum Gasteiger partial charge on any atom is -0.299 e. The average Bonchev–Trinajstić information content (AvgIpc) is 3.10. The molecule has 1 unspecified atom stereocenters. The zero-order chi connectivity index (χ0) is 19.4. The lowest BCUT2D eigenvalue weighted by Crippen LogP contribution is -2.41. The molecule has 146 valence electrons. The van der Waals surface area contributed by atoms with Crippen LogP contribution in [0.1, 0.15) is 51.0 Å². The van der Waals surface area contributed by atoms with Crippen molar-refractivity contribution in [1.82, 2.24) is 9.29 Å². The van der Waals surface area contributed by atoms with Gasteiger partial charge in [0.25, 0.3) is 0 Å². The maximum Gasteiger partial charge on any atom is 0.243 e. The second-order valence-corrected chi connectivity index (χ2v) is 9.91. The standard InChI is InChI=1S/C20H26N2O3S2/c1-3-6-17(23)13-20-21-19(14-26-20)16-8-10-18(11-9-16)27(24,25)22-12-5-4-7-15(22)2/h8-11,14-15H,3-7,12-13H2,1-2H3. The average molecular weight is 407 g/mol. The van der Waals surface area contributed by atoms with Crippen LogP contribution in [0, 0.1) is 0 Å². The van der Waals surface area contributed by atoms with Crippen LogP contribution in [0.2, 0.25) is 0 Å². The fraction of sp³-hybridized carbons (Fsp3) is 0.500. The fourth-order valence-electron chi connectivity index (χ4n) is 3.42. The van der Waals surface area contributed by atoms with Crippen LogP contribution in [0.5, 0.6) is 0 Å². The van der Waals surface area contributed by atoms with E-state index in [4.69, 9.17) is 0 Å². The predicted octanol–water partition coefficient (Wildman–Crippen LogP) is 4.28. The lowest BCUT2D eigenvalue weighted by Gasteiger charge is -2.32. The first-order valence-electron chi connectivity index (χ1n) is 9.50. The van der Waals surface area contributed by atoms with E-state index in [-0.39, 0.29) is 11.8 Å². The van der Waals surface area contributed by atoms with E-state index in [0.717, 1.165) is 41.9 Å². The van der Waals surface area contributed by atoms with E-state index < -0.39 is 10.0 Å². The van der Waals surface area contributed by atoms with Gasteiger partial charge in [0.2, 0.25) is 10.0 Å². The number of benzene rings is 1. The van der Waals surface area contributed by atoms with Crippen LogP contribution in [0.3, 0.4) is 0 Å². The molecule has 27 heavy (non-hydrogen) atoms. The Balaban J connectivity index is 1.75. The molecule has 3 rings (SSSR count). The van der Waals surface area contributed by atoms with Crippen molar-refractivity contribution in [2.45, 2.75) is 63.3 Å². The number of ketones is 1. The van der Waals surface area contributed by atoms with Crippen molar-refractivity contribution in [2.24, 2.45) is 0 Å². The first-order chi connectivity index (χ1) is 12.9. The molecular weight excluding hydrogens is 380 g/mol. The summed E-state index contributed by atoms with van der Waals surface area (Å²) in [6.45, 7) is 4.56. The second-order valence-electron chi connectivity index (χ2n) is 7.08. The topological polar surface area (TPSA) is 67.3 Å². The van der Waals surface area contributed by atoms with Crippen molar-refractivity contribution < 1.29 is 13.2 Å². The molecule has 0 spiro atoms. The van der Waals surface area contributed by atoms with Crippen molar-refractivity contribution in [2.75, 3.05) is 6.54 Å². The Labute approximate surface area is 165 Å². The number of rotatable bonds is 7. The molecule has 5 nitrogen and oxygen atoms in total. The molecule has 0 saturated carbocycles. The lowest BCUT2D eigenvalue weighted by molar-refractivity contribution is -0.118. The highest BCUT2D eigenvalue weighted by Crippen LogP contribution is 2.28. The minimum atomic E-state index is -3.46. The number of carbonyl (C=O) groups excluding carboxylic acids is 1. The molecule has 0 N–H and O–H groups in total. The SMILES string of the molecule is CCCC(=O)Cc1nc(-c2ccc(S(=O)(=O)N3CCCCC3C)cc2)cs1. The van der Waals surface area contributed by atoms with E-state index in [0.29, 0.717) is 24.3 Å². The molecule has 1 aliphatic rings. The molecule has 1 aromatic carbocycles. The largest absolute Gasteiger partial charge is 0.299 e. The summed E-state index contributed by atoms with van der Waals surface area (Å²) in [6, 6.07) is 6.97. The fourth-order valence-corrected chi connectivity index (χ4v) is 5.95. The van der Waals surface area contributed by atoms with Gasteiger partial charge in [-0.1, -0.05) is 25.5 Å². The van der Waals surface area contributed by atoms with E-state index in [9.17, 15) is 13.2 Å². The van der Waals surface area contributed by atoms with Gasteiger partial charge in [-0.2, -0.15) is 4.31 Å². The third-order valence-corrected chi connectivity index (χ3v) is 7.80. The first kappa shape index (κ1) is 20.2. The monoisotopic (exact) mass is 406 g/mol. The highest BCUT2D eigenvalue weighted by molar-refractivity contribution is 7.89. The molecule has 1 saturated heterocycles. The second kappa shape index (κ2) is 8.63. The van der Waals surface area contributed by atoms with Crippen LogP contribution in [-0.4, -0.2) is 36.1 Å². The number of carbonyl (C=O) groups is 1. The smallest absolute Gasteiger partial charge is 0.243 e. The molecule has 7 heteroatoms. The highest BCUT2D eigenvalue weighted by Gasteiger charge is 2.30. The number of nitrogens with zero attached hydrogens (tertiary/aromatic N) is 2. The van der Waals surface area contributed by atoms with Crippen molar-refractivity contribution in [1.29, 1.82) is 0 Å². The van der Waals surface area contributed by atoms with Crippen molar-refractivity contribution in [3.63, 3.8) is 0 Å². The quantitative estimate of drug-likeness (QED) is 0.688. The molecule has 0 radical (unpaired) electrons. The van der Waals surface area contributed by atoms with Crippen molar-refractivity contribution >= 4 is 27.1 Å². The zero-order valence-electron chi connectivity index (χ0n) is 15.8. The number of piperidine rings is 1. The van der Waals surface area contributed by atoms with Gasteiger partial charge in [-0.05, 0) is 38.3 Å². The first-order valence-corrected chi connectivity index (χ1v) is 11.8. The maximum absolute atomic E-state index is 12.9. The number of thiazole rings is 1. The van der Waals surface area contributed by atoms with Crippen LogP contribution >= 0.6 is 11.3 Å². The summed E-state index contributed by atoms with van der Waals surface area (Å²) in [7, 11) is -3.46. The normalized spacial score (nSPS) is 18.5. The maximum atomic E-state index is 12.9. The molecule has 2 heterocycles. The van der Waals surface area contributed by atoms with Crippen LogP contribution in [0.25, 0.3) is 11.3 Å². The lowest BCUT2D eigenvalue weighted by atomic mass is 10.1. The van der Waals surface area contributed by atoms with Gasteiger partial charge in [-0.15, -0.1) is 11.3 Å². The number of aromatic nitrogens is 1. The Kier molecular flexibility index (Phi) is 6.44. The molecular formula is C20H26N2O3S2. The summed E-state index contributed by atoms with van der Waals surface area (Å²) >= 11 is 1.47. The molecule has 1 aliphatic heterocycles. The van der Waals surface area contributed by atoms with E-state index >= 15 is 0 Å². The summed E-state index contributed by atoms with van der Waals surface area (Å²) < 4.78 is 27.4. The Morgan fingerprint density at radius 3 is 2.67 bits per heavy atom. The summed E-state index contributed by atoms with van der Waals surface area (Å²) in [5, 5.41) is 2.73. The summed E-state index contributed by atoms with van der Waals surface area (Å²) in [6.07, 6.45) is 4.71. The number of Topliss-reactive ketones (excluding diaryl/α,β-unsaturated/α-hetero) is 1. The Morgan fingerprint density at radius 1 is 1.26 bits per heavy atom. The molecule has 0 aliphatic carbocycles. The zero-order valence-corrected chi connectivity index (χ0v) is 17.5. The van der Waals surface area contributed by atoms with Crippen molar-refractivity contribution in [3.8, 4) is 11.3 Å². The molecule has 0 bridgehead atoms. The van der Waals surface area contributed by atoms with E-state index in [1.54, 1.807) is 28.6 Å². The number of hydrogen-bond donors (Lipinski definition) is 0. The van der Waals surface area contributed by atoms with Gasteiger partial charge < -0.3 is 0 Å². The van der Waals surface area contributed by atoms with Crippen LogP contribution < -0.4 is 0 Å². The third kappa shape index (κ3) is 4.65. The molecule has 2 aromatic rings. The van der Waals surface area contributed by atoms with Gasteiger partial charge in [0.05, 0.1) is 17.0 Å². The summed E-state index contributed by atoms with van der Waals surface area (Å²) in [4.78, 5) is 16.6. The van der Waals surface area contributed by atoms with Gasteiger partial charge in [0.15, 0.2) is 0 Å². The molecule has 1 atom stereocenters. The predicted molar refractivity (Wildman–Crippen MR) is 108 cm³/mol. The molecule has 1 aromatic heterocycles. The van der Waals surface area contributed by atoms with Crippen LogP contribution in [0.15, 0.2) is 34.5 Å². The Bertz CT molecular complexity index is 888. The van der Waals surface area contributed by atoms with E-state index in [2.05, 4.69) is 4.98 Å². The van der Waals surface area contributed by atoms with Crippen LogP contribution in [-0.2, 0) is 21.2 Å².